The molecule has 6 heterocycles. The number of hydrogen-bond acceptors (Lipinski definition) is 10. The second-order valence-electron chi connectivity index (χ2n) is 20.6. The number of carbonyl (C=O) groups excluding carboxylic acids is 3. The van der Waals surface area contributed by atoms with Crippen molar-refractivity contribution in [3.05, 3.63) is 41.5 Å². The normalized spacial score (nSPS) is 54.1. The lowest BCUT2D eigenvalue weighted by Crippen LogP contribution is -2.83. The van der Waals surface area contributed by atoms with Gasteiger partial charge in [-0.15, -0.1) is 0 Å². The molecule has 11 heteroatoms. The van der Waals surface area contributed by atoms with E-state index in [1.165, 1.54) is 5.56 Å². The van der Waals surface area contributed by atoms with Crippen LogP contribution in [0.25, 0.3) is 0 Å². The number of piperidine rings is 4. The Hall–Kier alpha value is -2.83. The molecule has 12 rings (SSSR count). The zero-order chi connectivity index (χ0) is 38.9. The van der Waals surface area contributed by atoms with E-state index in [2.05, 4.69) is 44.0 Å². The molecular weight excluding hydrogens is 713 g/mol. The van der Waals surface area contributed by atoms with E-state index >= 15 is 0 Å². The van der Waals surface area contributed by atoms with Gasteiger partial charge in [0.1, 0.15) is 25.0 Å². The summed E-state index contributed by atoms with van der Waals surface area (Å²) in [6.07, 6.45) is 7.72. The Bertz CT molecular complexity index is 1940. The predicted molar refractivity (Wildman–Crippen MR) is 202 cm³/mol. The van der Waals surface area contributed by atoms with Gasteiger partial charge in [0.25, 0.3) is 0 Å². The van der Waals surface area contributed by atoms with Gasteiger partial charge in [-0.3, -0.25) is 4.48 Å². The Morgan fingerprint density at radius 3 is 2.57 bits per heavy atom. The third-order valence-electron chi connectivity index (χ3n) is 19.6. The number of aliphatic hydroxyl groups excluding tert-OH is 2. The summed E-state index contributed by atoms with van der Waals surface area (Å²) in [6, 6.07) is 8.28. The van der Waals surface area contributed by atoms with Crippen LogP contribution in [0.5, 0.6) is 0 Å². The fourth-order valence-corrected chi connectivity index (χ4v) is 17.6. The zero-order valence-corrected chi connectivity index (χ0v) is 33.0. The lowest BCUT2D eigenvalue weighted by atomic mass is 9.41. The van der Waals surface area contributed by atoms with Crippen molar-refractivity contribution in [1.29, 1.82) is 0 Å². The third-order valence-corrected chi connectivity index (χ3v) is 19.6. The molecule has 1 aromatic carbocycles. The van der Waals surface area contributed by atoms with Crippen LogP contribution < -0.4 is 4.90 Å². The number of likely N-dealkylation sites (N-methyl/N-ethyl adjacent to an activating group) is 1. The van der Waals surface area contributed by atoms with Crippen LogP contribution in [0.15, 0.2) is 35.9 Å². The highest BCUT2D eigenvalue weighted by molar-refractivity contribution is 5.85. The number of carbonyl (C=O) groups is 3. The van der Waals surface area contributed by atoms with Gasteiger partial charge in [0.05, 0.1) is 40.2 Å². The second kappa shape index (κ2) is 11.5. The molecular formula is C45H59N2O9+. The van der Waals surface area contributed by atoms with E-state index in [4.69, 9.17) is 9.47 Å². The van der Waals surface area contributed by atoms with Crippen LogP contribution >= 0.6 is 0 Å². The number of para-hydroxylation sites is 1. The quantitative estimate of drug-likeness (QED) is 0.192. The Kier molecular flexibility index (Phi) is 7.42. The molecule has 4 N–H and O–H groups in total. The van der Waals surface area contributed by atoms with Gasteiger partial charge >= 0.3 is 11.9 Å². The number of rotatable bonds is 6. The minimum atomic E-state index is -1.37. The average molecular weight is 772 g/mol. The van der Waals surface area contributed by atoms with E-state index in [1.54, 1.807) is 6.08 Å². The fraction of sp³-hybridized carbons (Fsp3) is 0.756. The van der Waals surface area contributed by atoms with Crippen LogP contribution in [0, 0.1) is 46.3 Å². The molecule has 5 saturated carbocycles. The maximum atomic E-state index is 14.5. The first kappa shape index (κ1) is 36.3. The molecule has 11 aliphatic rings. The summed E-state index contributed by atoms with van der Waals surface area (Å²) in [6.45, 7) is 4.56. The molecule has 18 atom stereocenters. The van der Waals surface area contributed by atoms with E-state index in [0.29, 0.717) is 44.9 Å². The van der Waals surface area contributed by atoms with Crippen molar-refractivity contribution >= 4 is 23.9 Å². The molecule has 5 bridgehead atoms. The van der Waals surface area contributed by atoms with Gasteiger partial charge in [-0.2, -0.15) is 0 Å². The van der Waals surface area contributed by atoms with Crippen LogP contribution in [0.4, 0.5) is 5.69 Å². The Morgan fingerprint density at radius 1 is 1.04 bits per heavy atom. The zero-order valence-electron chi connectivity index (χ0n) is 33.0. The third kappa shape index (κ3) is 3.92. The van der Waals surface area contributed by atoms with Crippen LogP contribution in [0.2, 0.25) is 0 Å². The SMILES string of the molecule is CC[C@@H]1[C@H]2C[C@H]3[C@@H]4N(C)c5ccccc5[C@@]45C[C@@H]([C@@H]2[C@@H]5O)[N@+]3(CC(=O)O[C@@H]2CC[C@]3(C=O)[C@H]4CC[C@]5(C)[C@H](C6=CC(=O)OC6)CC[C@@]5(O)[C@@H]4CC[C@]3(O)C2)[C@@H]1O. The van der Waals surface area contributed by atoms with Crippen LogP contribution in [-0.4, -0.2) is 111 Å². The molecule has 11 nitrogen and oxygen atoms in total. The summed E-state index contributed by atoms with van der Waals surface area (Å²) in [5, 5.41) is 50.1. The first-order valence-electron chi connectivity index (χ1n) is 21.8. The number of aldehydes is 1. The van der Waals surface area contributed by atoms with E-state index in [-0.39, 0.29) is 89.6 Å². The minimum absolute atomic E-state index is 0.0104. The first-order chi connectivity index (χ1) is 26.7. The van der Waals surface area contributed by atoms with E-state index < -0.39 is 45.9 Å². The summed E-state index contributed by atoms with van der Waals surface area (Å²) in [5.74, 6) is -0.852. The van der Waals surface area contributed by atoms with Crippen molar-refractivity contribution in [2.45, 2.75) is 144 Å². The monoisotopic (exact) mass is 771 g/mol. The number of esters is 2. The molecule has 1 spiro atoms. The highest BCUT2D eigenvalue weighted by Crippen LogP contribution is 2.73. The number of ether oxygens (including phenoxy) is 2. The number of quaternary nitrogens is 1. The summed E-state index contributed by atoms with van der Waals surface area (Å²) in [5.41, 5.74) is -1.04. The summed E-state index contributed by atoms with van der Waals surface area (Å²) < 4.78 is 11.9. The number of nitrogens with zero attached hydrogens (tertiary/aromatic N) is 2. The highest BCUT2D eigenvalue weighted by Gasteiger charge is 2.83. The molecule has 56 heavy (non-hydrogen) atoms. The van der Waals surface area contributed by atoms with Gasteiger partial charge in [-0.05, 0) is 98.7 Å². The molecule has 5 aliphatic carbocycles. The molecule has 6 aliphatic heterocycles. The van der Waals surface area contributed by atoms with Gasteiger partial charge in [-0.1, -0.05) is 32.0 Å². The number of anilines is 1. The van der Waals surface area contributed by atoms with Crippen molar-refractivity contribution in [3.8, 4) is 0 Å². The van der Waals surface area contributed by atoms with Gasteiger partial charge in [0, 0.05) is 55.3 Å². The van der Waals surface area contributed by atoms with Crippen molar-refractivity contribution in [3.63, 3.8) is 0 Å². The lowest BCUT2D eigenvalue weighted by molar-refractivity contribution is -1.03. The summed E-state index contributed by atoms with van der Waals surface area (Å²) in [4.78, 5) is 42.3. The molecule has 302 valence electrons. The number of aliphatic hydroxyl groups is 4. The molecule has 1 aromatic rings. The number of hydrogen-bond donors (Lipinski definition) is 4. The van der Waals surface area contributed by atoms with Crippen LogP contribution in [0.3, 0.4) is 0 Å². The molecule has 4 saturated heterocycles. The fourth-order valence-electron chi connectivity index (χ4n) is 17.6. The topological polar surface area (TPSA) is 154 Å². The molecule has 0 unspecified atom stereocenters. The number of cyclic esters (lactones) is 1. The first-order valence-corrected chi connectivity index (χ1v) is 21.8. The molecule has 0 amide bonds. The minimum Gasteiger partial charge on any atom is -0.458 e. The van der Waals surface area contributed by atoms with Crippen molar-refractivity contribution in [1.82, 2.24) is 0 Å². The van der Waals surface area contributed by atoms with Crippen molar-refractivity contribution in [2.75, 3.05) is 25.1 Å². The van der Waals surface area contributed by atoms with Crippen molar-refractivity contribution in [2.24, 2.45) is 46.3 Å². The summed E-state index contributed by atoms with van der Waals surface area (Å²) in [7, 11) is 2.11. The van der Waals surface area contributed by atoms with E-state index in [9.17, 15) is 34.8 Å². The van der Waals surface area contributed by atoms with Gasteiger partial charge in [-0.25, -0.2) is 9.59 Å². The molecule has 0 aromatic heterocycles. The maximum Gasteiger partial charge on any atom is 0.362 e. The summed E-state index contributed by atoms with van der Waals surface area (Å²) >= 11 is 0. The predicted octanol–water partition coefficient (Wildman–Crippen LogP) is 3.53. The average Bonchev–Trinajstić information content (AvgIpc) is 3.86. The highest BCUT2D eigenvalue weighted by atomic mass is 16.5. The maximum absolute atomic E-state index is 14.5. The smallest absolute Gasteiger partial charge is 0.362 e. The Morgan fingerprint density at radius 2 is 1.82 bits per heavy atom. The lowest BCUT2D eigenvalue weighted by Gasteiger charge is -2.67. The Balaban J connectivity index is 0.854. The van der Waals surface area contributed by atoms with Gasteiger partial charge in [0.2, 0.25) is 0 Å². The molecule has 9 fully saturated rings. The van der Waals surface area contributed by atoms with Crippen molar-refractivity contribution < 1.29 is 48.8 Å². The molecule has 0 radical (unpaired) electrons. The van der Waals surface area contributed by atoms with Crippen LogP contribution in [-0.2, 0) is 29.3 Å². The number of benzene rings is 1. The van der Waals surface area contributed by atoms with Gasteiger partial charge < -0.3 is 39.6 Å². The largest absolute Gasteiger partial charge is 0.458 e. The standard InChI is InChI=1S/C45H59N2O9/c1-4-26-27-18-33-38-44(31-7-5-6-8-32(31)46(38)3)20-34(37(27)39(44)51)47(33,40(26)52)21-36(50)56-25-9-14-42(23-48)29-10-13-41(2)28(24-17-35(49)55-22-24)12-16-45(41,54)30(29)11-15-43(42,53)19-25/h5-8,17,23,25-30,33-34,37-40,51-54H,4,9-16,18-22H2,1-3H3/q+1/t25-,26-,27-,28+,29+,30-,33+,34+,37-,38+,39+,40-,41-,42+,43+,44+,45-,47-/m1/s1. The second-order valence-corrected chi connectivity index (χ2v) is 20.6. The van der Waals surface area contributed by atoms with Crippen LogP contribution in [0.1, 0.15) is 96.5 Å². The van der Waals surface area contributed by atoms with E-state index in [0.717, 1.165) is 43.2 Å². The number of fused-ring (bicyclic) bond motifs is 7. The van der Waals surface area contributed by atoms with E-state index in [1.807, 2.05) is 6.07 Å². The Labute approximate surface area is 329 Å². The van der Waals surface area contributed by atoms with Gasteiger partial charge in [0.15, 0.2) is 12.8 Å².